The van der Waals surface area contributed by atoms with Gasteiger partial charge < -0.3 is 9.80 Å². The van der Waals surface area contributed by atoms with Crippen LogP contribution in [0.1, 0.15) is 0 Å². The Hall–Kier alpha value is -8.80. The number of hydrogen-bond donors (Lipinski definition) is 0. The molecule has 2 aromatic heterocycles. The number of benzene rings is 12. The van der Waals surface area contributed by atoms with Gasteiger partial charge in [0.1, 0.15) is 0 Å². The van der Waals surface area contributed by atoms with Crippen molar-refractivity contribution in [3.05, 3.63) is 267 Å². The zero-order valence-electron chi connectivity index (χ0n) is 39.1. The standard InChI is InChI=1S/C68H44N2S2/c1-3-17-45(18-4-1)47-35-38-53(39-36-47)69(63-30-16-27-59-60-43-48-21-7-8-22-49(48)44-66(60)72-68(59)63)61-28-12-9-23-55(61)56-24-10-13-29-62(56)70(64-31-15-26-58-57-25-11-14-32-65(57)71-67(58)64)54-40-37-51-41-50(33-34-52(51)42-54)46-19-5-2-6-20-46/h1-44H. The molecule has 0 atom stereocenters. The van der Waals surface area contributed by atoms with E-state index in [4.69, 9.17) is 0 Å². The van der Waals surface area contributed by atoms with Gasteiger partial charge in [-0.2, -0.15) is 0 Å². The summed E-state index contributed by atoms with van der Waals surface area (Å²) in [6.45, 7) is 0. The lowest BCUT2D eigenvalue weighted by atomic mass is 9.97. The summed E-state index contributed by atoms with van der Waals surface area (Å²) in [5, 5.41) is 9.99. The van der Waals surface area contributed by atoms with Gasteiger partial charge in [-0.3, -0.25) is 0 Å². The molecule has 72 heavy (non-hydrogen) atoms. The third kappa shape index (κ3) is 7.23. The first-order valence-electron chi connectivity index (χ1n) is 24.5. The molecule has 0 N–H and O–H groups in total. The lowest BCUT2D eigenvalue weighted by molar-refractivity contribution is 1.28. The van der Waals surface area contributed by atoms with Crippen LogP contribution in [0.3, 0.4) is 0 Å². The lowest BCUT2D eigenvalue weighted by Gasteiger charge is -2.31. The van der Waals surface area contributed by atoms with Crippen LogP contribution in [0.25, 0.3) is 95.3 Å². The molecule has 2 heterocycles. The fraction of sp³-hybridized carbons (Fsp3) is 0. The number of nitrogens with zero attached hydrogens (tertiary/aromatic N) is 2. The summed E-state index contributed by atoms with van der Waals surface area (Å²) in [6, 6.07) is 98.1. The first kappa shape index (κ1) is 42.1. The van der Waals surface area contributed by atoms with E-state index in [0.29, 0.717) is 0 Å². The van der Waals surface area contributed by atoms with Crippen molar-refractivity contribution in [2.24, 2.45) is 0 Å². The maximum Gasteiger partial charge on any atom is 0.0640 e. The number of thiophene rings is 2. The molecule has 14 rings (SSSR count). The molecule has 0 unspecified atom stereocenters. The quantitative estimate of drug-likeness (QED) is 0.142. The predicted octanol–water partition coefficient (Wildman–Crippen LogP) is 20.7. The van der Waals surface area contributed by atoms with E-state index in [0.717, 1.165) is 45.3 Å². The highest BCUT2D eigenvalue weighted by Gasteiger charge is 2.26. The second-order valence-electron chi connectivity index (χ2n) is 18.4. The molecule has 0 radical (unpaired) electrons. The SMILES string of the molecule is c1ccc(-c2ccc(N(c3ccccc3-c3ccccc3N(c3ccc4cc(-c5ccccc5)ccc4c3)c3cccc4c3sc3ccccc34)c3cccc4c3sc3cc5ccccc5cc34)cc2)cc1. The second-order valence-corrected chi connectivity index (χ2v) is 20.5. The third-order valence-corrected chi connectivity index (χ3v) is 16.6. The number of para-hydroxylation sites is 2. The smallest absolute Gasteiger partial charge is 0.0640 e. The summed E-state index contributed by atoms with van der Waals surface area (Å²) in [5.41, 5.74) is 13.7. The Bertz CT molecular complexity index is 4340. The monoisotopic (exact) mass is 952 g/mol. The number of hydrogen-bond acceptors (Lipinski definition) is 4. The minimum absolute atomic E-state index is 1.09. The normalized spacial score (nSPS) is 11.6. The van der Waals surface area contributed by atoms with Crippen LogP contribution in [-0.2, 0) is 0 Å². The Balaban J connectivity index is 0.991. The third-order valence-electron chi connectivity index (χ3n) is 14.2. The molecule has 0 aliphatic rings. The maximum atomic E-state index is 2.50. The van der Waals surface area contributed by atoms with Gasteiger partial charge in [-0.15, -0.1) is 22.7 Å². The zero-order valence-corrected chi connectivity index (χ0v) is 40.7. The molecule has 0 aliphatic heterocycles. The summed E-state index contributed by atoms with van der Waals surface area (Å²) >= 11 is 3.75. The Morgan fingerprint density at radius 3 is 1.38 bits per heavy atom. The van der Waals surface area contributed by atoms with Crippen LogP contribution in [0.2, 0.25) is 0 Å². The molecule has 0 saturated heterocycles. The van der Waals surface area contributed by atoms with Crippen molar-refractivity contribution < 1.29 is 0 Å². The largest absolute Gasteiger partial charge is 0.308 e. The highest BCUT2D eigenvalue weighted by molar-refractivity contribution is 7.27. The minimum Gasteiger partial charge on any atom is -0.308 e. The molecular weight excluding hydrogens is 909 g/mol. The molecule has 2 nitrogen and oxygen atoms in total. The van der Waals surface area contributed by atoms with E-state index < -0.39 is 0 Å². The van der Waals surface area contributed by atoms with Crippen LogP contribution in [-0.4, -0.2) is 0 Å². The molecule has 0 aliphatic carbocycles. The molecule has 12 aromatic carbocycles. The second kappa shape index (κ2) is 17.6. The van der Waals surface area contributed by atoms with Gasteiger partial charge in [-0.05, 0) is 117 Å². The number of fused-ring (bicyclic) bond motifs is 8. The zero-order chi connectivity index (χ0) is 47.5. The topological polar surface area (TPSA) is 6.48 Å². The van der Waals surface area contributed by atoms with Gasteiger partial charge in [0, 0.05) is 53.4 Å². The first-order chi connectivity index (χ1) is 35.7. The first-order valence-corrected chi connectivity index (χ1v) is 26.1. The van der Waals surface area contributed by atoms with Gasteiger partial charge in [0.05, 0.1) is 32.1 Å². The molecule has 4 heteroatoms. The fourth-order valence-corrected chi connectivity index (χ4v) is 13.2. The average Bonchev–Trinajstić information content (AvgIpc) is 4.02. The van der Waals surface area contributed by atoms with Crippen LogP contribution < -0.4 is 9.80 Å². The lowest BCUT2D eigenvalue weighted by Crippen LogP contribution is -2.14. The van der Waals surface area contributed by atoms with Crippen molar-refractivity contribution in [3.8, 4) is 33.4 Å². The summed E-state index contributed by atoms with van der Waals surface area (Å²) in [6.07, 6.45) is 0. The highest BCUT2D eigenvalue weighted by Crippen LogP contribution is 2.52. The van der Waals surface area contributed by atoms with Crippen molar-refractivity contribution in [2.75, 3.05) is 9.80 Å². The van der Waals surface area contributed by atoms with Gasteiger partial charge in [0.2, 0.25) is 0 Å². The van der Waals surface area contributed by atoms with Crippen molar-refractivity contribution >= 4 is 119 Å². The molecule has 0 fully saturated rings. The van der Waals surface area contributed by atoms with E-state index >= 15 is 0 Å². The van der Waals surface area contributed by atoms with E-state index in [-0.39, 0.29) is 0 Å². The Morgan fingerprint density at radius 2 is 0.681 bits per heavy atom. The highest BCUT2D eigenvalue weighted by atomic mass is 32.1. The molecule has 0 spiro atoms. The van der Waals surface area contributed by atoms with Gasteiger partial charge >= 0.3 is 0 Å². The van der Waals surface area contributed by atoms with Crippen LogP contribution in [0, 0.1) is 0 Å². The van der Waals surface area contributed by atoms with Crippen LogP contribution in [0.15, 0.2) is 267 Å². The fourth-order valence-electron chi connectivity index (χ4n) is 10.8. The average molecular weight is 953 g/mol. The van der Waals surface area contributed by atoms with Crippen LogP contribution in [0.5, 0.6) is 0 Å². The Labute approximate surface area is 426 Å². The number of rotatable bonds is 9. The van der Waals surface area contributed by atoms with E-state index in [1.165, 1.54) is 84.1 Å². The van der Waals surface area contributed by atoms with Crippen molar-refractivity contribution in [3.63, 3.8) is 0 Å². The molecule has 0 saturated carbocycles. The summed E-state index contributed by atoms with van der Waals surface area (Å²) in [7, 11) is 0. The Morgan fingerprint density at radius 1 is 0.236 bits per heavy atom. The molecule has 0 amide bonds. The minimum atomic E-state index is 1.09. The van der Waals surface area contributed by atoms with Crippen LogP contribution in [0.4, 0.5) is 34.1 Å². The van der Waals surface area contributed by atoms with Crippen molar-refractivity contribution in [1.82, 2.24) is 0 Å². The molecule has 14 aromatic rings. The molecule has 0 bridgehead atoms. The van der Waals surface area contributed by atoms with Crippen molar-refractivity contribution in [2.45, 2.75) is 0 Å². The summed E-state index contributed by atoms with van der Waals surface area (Å²) < 4.78 is 5.07. The van der Waals surface area contributed by atoms with E-state index in [2.05, 4.69) is 277 Å². The van der Waals surface area contributed by atoms with Gasteiger partial charge in [0.25, 0.3) is 0 Å². The summed E-state index contributed by atoms with van der Waals surface area (Å²) in [4.78, 5) is 5.00. The van der Waals surface area contributed by atoms with E-state index in [1.54, 1.807) is 0 Å². The predicted molar refractivity (Wildman–Crippen MR) is 313 cm³/mol. The van der Waals surface area contributed by atoms with E-state index in [1.807, 2.05) is 22.7 Å². The maximum absolute atomic E-state index is 2.50. The summed E-state index contributed by atoms with van der Waals surface area (Å²) in [5.74, 6) is 0. The molecule has 338 valence electrons. The van der Waals surface area contributed by atoms with E-state index in [9.17, 15) is 0 Å². The van der Waals surface area contributed by atoms with Crippen LogP contribution >= 0.6 is 22.7 Å². The van der Waals surface area contributed by atoms with Gasteiger partial charge in [-0.1, -0.05) is 194 Å². The number of anilines is 6. The van der Waals surface area contributed by atoms with Gasteiger partial charge in [0.15, 0.2) is 0 Å². The van der Waals surface area contributed by atoms with Crippen molar-refractivity contribution in [1.29, 1.82) is 0 Å². The molecular formula is C68H44N2S2. The Kier molecular flexibility index (Phi) is 10.3. The van der Waals surface area contributed by atoms with Gasteiger partial charge in [-0.25, -0.2) is 0 Å².